The van der Waals surface area contributed by atoms with Gasteiger partial charge in [0.2, 0.25) is 0 Å². The van der Waals surface area contributed by atoms with E-state index in [9.17, 15) is 4.79 Å². The molecule has 0 fully saturated rings. The Hall–Kier alpha value is -3.71. The van der Waals surface area contributed by atoms with Crippen LogP contribution in [0.25, 0.3) is 27.9 Å². The summed E-state index contributed by atoms with van der Waals surface area (Å²) in [6, 6.07) is 19.8. The summed E-state index contributed by atoms with van der Waals surface area (Å²) >= 11 is 1.60. The quantitative estimate of drug-likeness (QED) is 0.389. The molecule has 6 nitrogen and oxygen atoms in total. The summed E-state index contributed by atoms with van der Waals surface area (Å²) < 4.78 is 1.82. The summed E-state index contributed by atoms with van der Waals surface area (Å²) in [6.45, 7) is 4.75. The largest absolute Gasteiger partial charge is 0.384 e. The molecular weight excluding hydrogens is 418 g/mol. The highest BCUT2D eigenvalue weighted by Crippen LogP contribution is 2.31. The van der Waals surface area contributed by atoms with E-state index in [1.54, 1.807) is 11.3 Å². The number of amides is 1. The van der Waals surface area contributed by atoms with E-state index in [0.717, 1.165) is 21.6 Å². The lowest BCUT2D eigenvalue weighted by Crippen LogP contribution is -2.23. The second-order valence-electron chi connectivity index (χ2n) is 7.99. The molecule has 0 aliphatic heterocycles. The number of carbonyl (C=O) groups excluding carboxylic acids is 1. The SMILES string of the molecule is CC(C)c1ccc(-n2c(N)c(C(=O)NCc3cccs3)c3nc4ccccc4nc32)cc1. The van der Waals surface area contributed by atoms with Gasteiger partial charge in [-0.1, -0.05) is 44.2 Å². The molecule has 0 bridgehead atoms. The molecule has 0 radical (unpaired) electrons. The van der Waals surface area contributed by atoms with Crippen molar-refractivity contribution in [1.82, 2.24) is 19.9 Å². The summed E-state index contributed by atoms with van der Waals surface area (Å²) in [6.07, 6.45) is 0. The fourth-order valence-electron chi connectivity index (χ4n) is 3.82. The van der Waals surface area contributed by atoms with Crippen LogP contribution in [0.15, 0.2) is 66.0 Å². The molecular formula is C25H23N5OS. The van der Waals surface area contributed by atoms with E-state index >= 15 is 0 Å². The molecule has 0 spiro atoms. The molecule has 3 N–H and O–H groups in total. The summed E-state index contributed by atoms with van der Waals surface area (Å²) in [4.78, 5) is 23.9. The van der Waals surface area contributed by atoms with Crippen LogP contribution in [0.5, 0.6) is 0 Å². The first-order chi connectivity index (χ1) is 15.5. The second kappa shape index (κ2) is 8.09. The van der Waals surface area contributed by atoms with Crippen LogP contribution in [0.4, 0.5) is 5.82 Å². The van der Waals surface area contributed by atoms with Crippen LogP contribution in [0.2, 0.25) is 0 Å². The molecule has 3 heterocycles. The van der Waals surface area contributed by atoms with Crippen LogP contribution >= 0.6 is 11.3 Å². The Balaban J connectivity index is 1.68. The Morgan fingerprint density at radius 3 is 2.41 bits per heavy atom. The van der Waals surface area contributed by atoms with Crippen molar-refractivity contribution in [2.45, 2.75) is 26.3 Å². The zero-order chi connectivity index (χ0) is 22.2. The summed E-state index contributed by atoms with van der Waals surface area (Å²) in [5.74, 6) is 0.490. The standard InChI is InChI=1S/C25H23N5OS/c1-15(2)16-9-11-17(12-10-16)30-23(26)21(25(31)27-14-18-6-5-13-32-18)22-24(30)29-20-8-4-3-7-19(20)28-22/h3-13,15H,14,26H2,1-2H3,(H,27,31). The number of carbonyl (C=O) groups is 1. The Bertz CT molecular complexity index is 1420. The molecule has 0 saturated carbocycles. The van der Waals surface area contributed by atoms with Gasteiger partial charge < -0.3 is 11.1 Å². The number of anilines is 1. The number of fused-ring (bicyclic) bond motifs is 2. The Morgan fingerprint density at radius 1 is 1.03 bits per heavy atom. The number of nitrogen functional groups attached to an aromatic ring is 1. The number of aromatic nitrogens is 3. The molecule has 160 valence electrons. The molecule has 3 aromatic heterocycles. The van der Waals surface area contributed by atoms with Crippen LogP contribution in [-0.4, -0.2) is 20.4 Å². The number of para-hydroxylation sites is 2. The van der Waals surface area contributed by atoms with Gasteiger partial charge in [0, 0.05) is 10.6 Å². The average Bonchev–Trinajstić information content (AvgIpc) is 3.41. The van der Waals surface area contributed by atoms with Crippen LogP contribution in [0.1, 0.15) is 40.6 Å². The Morgan fingerprint density at radius 2 is 1.75 bits per heavy atom. The number of nitrogens with one attached hydrogen (secondary N) is 1. The lowest BCUT2D eigenvalue weighted by molar-refractivity contribution is 0.0953. The molecule has 32 heavy (non-hydrogen) atoms. The Labute approximate surface area is 189 Å². The first-order valence-electron chi connectivity index (χ1n) is 10.5. The van der Waals surface area contributed by atoms with Crippen molar-refractivity contribution >= 4 is 45.3 Å². The minimum Gasteiger partial charge on any atom is -0.384 e. The van der Waals surface area contributed by atoms with Gasteiger partial charge in [-0.05, 0) is 47.2 Å². The molecule has 1 amide bonds. The van der Waals surface area contributed by atoms with Crippen LogP contribution in [0.3, 0.4) is 0 Å². The number of thiophene rings is 1. The van der Waals surface area contributed by atoms with Crippen molar-refractivity contribution in [2.75, 3.05) is 5.73 Å². The number of hydrogen-bond acceptors (Lipinski definition) is 5. The highest BCUT2D eigenvalue weighted by atomic mass is 32.1. The van der Waals surface area contributed by atoms with Gasteiger partial charge in [0.25, 0.3) is 5.91 Å². The maximum atomic E-state index is 13.2. The number of nitrogens with two attached hydrogens (primary N) is 1. The topological polar surface area (TPSA) is 85.8 Å². The first kappa shape index (κ1) is 20.2. The molecule has 0 atom stereocenters. The molecule has 7 heteroatoms. The van der Waals surface area contributed by atoms with Gasteiger partial charge in [0.15, 0.2) is 5.65 Å². The zero-order valence-corrected chi connectivity index (χ0v) is 18.7. The van der Waals surface area contributed by atoms with E-state index in [0.29, 0.717) is 35.0 Å². The van der Waals surface area contributed by atoms with Crippen molar-refractivity contribution in [1.29, 1.82) is 0 Å². The predicted molar refractivity (Wildman–Crippen MR) is 130 cm³/mol. The lowest BCUT2D eigenvalue weighted by Gasteiger charge is -2.10. The Kier molecular flexibility index (Phi) is 5.11. The van der Waals surface area contributed by atoms with E-state index in [4.69, 9.17) is 15.7 Å². The normalized spacial score (nSPS) is 11.5. The summed E-state index contributed by atoms with van der Waals surface area (Å²) in [5.41, 5.74) is 11.6. The van der Waals surface area contributed by atoms with E-state index in [1.165, 1.54) is 5.56 Å². The van der Waals surface area contributed by atoms with Gasteiger partial charge in [-0.3, -0.25) is 9.36 Å². The van der Waals surface area contributed by atoms with Crippen molar-refractivity contribution in [2.24, 2.45) is 0 Å². The lowest BCUT2D eigenvalue weighted by atomic mass is 10.0. The van der Waals surface area contributed by atoms with Gasteiger partial charge in [-0.15, -0.1) is 11.3 Å². The van der Waals surface area contributed by atoms with Crippen LogP contribution in [0, 0.1) is 0 Å². The zero-order valence-electron chi connectivity index (χ0n) is 17.9. The third-order valence-electron chi connectivity index (χ3n) is 5.55. The number of hydrogen-bond donors (Lipinski definition) is 2. The second-order valence-corrected chi connectivity index (χ2v) is 9.02. The maximum Gasteiger partial charge on any atom is 0.257 e. The molecule has 0 unspecified atom stereocenters. The average molecular weight is 442 g/mol. The van der Waals surface area contributed by atoms with Gasteiger partial charge in [0.05, 0.1) is 17.6 Å². The summed E-state index contributed by atoms with van der Waals surface area (Å²) in [7, 11) is 0. The monoisotopic (exact) mass is 441 g/mol. The minimum absolute atomic E-state index is 0.261. The highest BCUT2D eigenvalue weighted by molar-refractivity contribution is 7.09. The van der Waals surface area contributed by atoms with Gasteiger partial charge in [-0.25, -0.2) is 9.97 Å². The van der Waals surface area contributed by atoms with Gasteiger partial charge in [0.1, 0.15) is 16.9 Å². The molecule has 0 aliphatic carbocycles. The molecule has 2 aromatic carbocycles. The van der Waals surface area contributed by atoms with Gasteiger partial charge in [-0.2, -0.15) is 0 Å². The van der Waals surface area contributed by atoms with Crippen LogP contribution < -0.4 is 11.1 Å². The maximum absolute atomic E-state index is 13.2. The predicted octanol–water partition coefficient (Wildman–Crippen LogP) is 5.27. The van der Waals surface area contributed by atoms with E-state index in [1.807, 2.05) is 58.5 Å². The third-order valence-corrected chi connectivity index (χ3v) is 6.42. The van der Waals surface area contributed by atoms with E-state index < -0.39 is 0 Å². The summed E-state index contributed by atoms with van der Waals surface area (Å²) in [5, 5.41) is 4.97. The fraction of sp³-hybridized carbons (Fsp3) is 0.160. The van der Waals surface area contributed by atoms with Crippen molar-refractivity contribution in [3.63, 3.8) is 0 Å². The molecule has 0 aliphatic rings. The van der Waals surface area contributed by atoms with Crippen molar-refractivity contribution in [3.8, 4) is 5.69 Å². The number of benzene rings is 2. The van der Waals surface area contributed by atoms with E-state index in [2.05, 4.69) is 31.3 Å². The third kappa shape index (κ3) is 3.50. The first-order valence-corrected chi connectivity index (χ1v) is 11.4. The van der Waals surface area contributed by atoms with Gasteiger partial charge >= 0.3 is 0 Å². The molecule has 5 rings (SSSR count). The number of rotatable bonds is 5. The van der Waals surface area contributed by atoms with Crippen molar-refractivity contribution < 1.29 is 4.79 Å². The fourth-order valence-corrected chi connectivity index (χ4v) is 4.47. The van der Waals surface area contributed by atoms with Crippen LogP contribution in [-0.2, 0) is 6.54 Å². The van der Waals surface area contributed by atoms with E-state index in [-0.39, 0.29) is 5.91 Å². The minimum atomic E-state index is -0.261. The van der Waals surface area contributed by atoms with Crippen molar-refractivity contribution in [3.05, 3.63) is 82.0 Å². The number of nitrogens with zero attached hydrogens (tertiary/aromatic N) is 3. The molecule has 5 aromatic rings. The smallest absolute Gasteiger partial charge is 0.257 e. The highest BCUT2D eigenvalue weighted by Gasteiger charge is 2.24. The molecule has 0 saturated heterocycles.